The van der Waals surface area contributed by atoms with E-state index in [4.69, 9.17) is 16.0 Å². The minimum absolute atomic E-state index is 0.0543. The zero-order valence-electron chi connectivity index (χ0n) is 14.6. The number of carboxylic acid groups (broad SMARTS) is 1. The van der Waals surface area contributed by atoms with Crippen molar-refractivity contribution in [2.75, 3.05) is 5.32 Å². The van der Waals surface area contributed by atoms with Gasteiger partial charge >= 0.3 is 5.97 Å². The molecule has 9 heteroatoms. The molecule has 0 saturated carbocycles. The van der Waals surface area contributed by atoms with Crippen LogP contribution in [0, 0.1) is 12.7 Å². The lowest BCUT2D eigenvalue weighted by atomic mass is 10.1. The van der Waals surface area contributed by atoms with E-state index in [0.29, 0.717) is 22.0 Å². The number of nitrogens with one attached hydrogen (secondary N) is 1. The van der Waals surface area contributed by atoms with Crippen LogP contribution in [0.1, 0.15) is 21.7 Å². The highest BCUT2D eigenvalue weighted by atomic mass is 35.5. The molecular formula is C19H14ClFN4O3. The SMILES string of the molecule is Cc1cc(Cl)ccc1Nc1c(C(=O)O)cc2c(ncn2Cc2cnco2)c1F. The summed E-state index contributed by atoms with van der Waals surface area (Å²) in [6.07, 6.45) is 4.24. The van der Waals surface area contributed by atoms with Crippen LogP contribution in [0.2, 0.25) is 5.02 Å². The molecule has 0 spiro atoms. The molecule has 0 fully saturated rings. The largest absolute Gasteiger partial charge is 0.478 e. The molecule has 0 saturated heterocycles. The highest BCUT2D eigenvalue weighted by molar-refractivity contribution is 6.30. The average Bonchev–Trinajstić information content (AvgIpc) is 3.29. The van der Waals surface area contributed by atoms with Gasteiger partial charge < -0.3 is 19.4 Å². The van der Waals surface area contributed by atoms with Crippen molar-refractivity contribution in [3.05, 3.63) is 70.9 Å². The molecule has 142 valence electrons. The number of oxazole rings is 1. The Balaban J connectivity index is 1.83. The van der Waals surface area contributed by atoms with Crippen molar-refractivity contribution in [3.63, 3.8) is 0 Å². The van der Waals surface area contributed by atoms with E-state index in [1.807, 2.05) is 0 Å². The highest BCUT2D eigenvalue weighted by Crippen LogP contribution is 2.32. The Morgan fingerprint density at radius 3 is 2.89 bits per heavy atom. The first kappa shape index (κ1) is 18.0. The third-order valence-electron chi connectivity index (χ3n) is 4.34. The van der Waals surface area contributed by atoms with Gasteiger partial charge in [-0.15, -0.1) is 0 Å². The van der Waals surface area contributed by atoms with Crippen LogP contribution in [-0.4, -0.2) is 25.6 Å². The molecule has 0 amide bonds. The van der Waals surface area contributed by atoms with Gasteiger partial charge in [0.05, 0.1) is 35.8 Å². The van der Waals surface area contributed by atoms with Crippen LogP contribution in [0.15, 0.2) is 47.6 Å². The van der Waals surface area contributed by atoms with E-state index in [-0.39, 0.29) is 23.3 Å². The Bertz CT molecular complexity index is 1190. The summed E-state index contributed by atoms with van der Waals surface area (Å²) in [7, 11) is 0. The van der Waals surface area contributed by atoms with Crippen molar-refractivity contribution in [2.24, 2.45) is 0 Å². The number of aromatic carboxylic acids is 1. The number of hydrogen-bond donors (Lipinski definition) is 2. The maximum absolute atomic E-state index is 15.2. The van der Waals surface area contributed by atoms with Gasteiger partial charge in [0.25, 0.3) is 0 Å². The summed E-state index contributed by atoms with van der Waals surface area (Å²) in [5, 5.41) is 13.0. The Morgan fingerprint density at radius 2 is 2.21 bits per heavy atom. The van der Waals surface area contributed by atoms with Crippen LogP contribution in [-0.2, 0) is 6.54 Å². The fourth-order valence-electron chi connectivity index (χ4n) is 2.96. The number of fused-ring (bicyclic) bond motifs is 1. The van der Waals surface area contributed by atoms with Crippen molar-refractivity contribution in [3.8, 4) is 0 Å². The monoisotopic (exact) mass is 400 g/mol. The second kappa shape index (κ2) is 6.97. The van der Waals surface area contributed by atoms with Crippen LogP contribution >= 0.6 is 11.6 Å². The number of rotatable bonds is 5. The molecule has 0 aliphatic rings. The molecule has 0 bridgehead atoms. The highest BCUT2D eigenvalue weighted by Gasteiger charge is 2.22. The number of halogens is 2. The summed E-state index contributed by atoms with van der Waals surface area (Å²) in [5.74, 6) is -1.47. The first-order valence-electron chi connectivity index (χ1n) is 8.25. The first-order chi connectivity index (χ1) is 13.4. The van der Waals surface area contributed by atoms with Crippen molar-refractivity contribution < 1.29 is 18.7 Å². The summed E-state index contributed by atoms with van der Waals surface area (Å²) in [6, 6.07) is 6.39. The molecule has 4 aromatic rings. The lowest BCUT2D eigenvalue weighted by molar-refractivity contribution is 0.0697. The summed E-state index contributed by atoms with van der Waals surface area (Å²) in [6.45, 7) is 2.04. The van der Waals surface area contributed by atoms with Crippen molar-refractivity contribution in [1.29, 1.82) is 0 Å². The van der Waals surface area contributed by atoms with E-state index in [9.17, 15) is 9.90 Å². The van der Waals surface area contributed by atoms with E-state index in [1.165, 1.54) is 25.0 Å². The summed E-state index contributed by atoms with van der Waals surface area (Å²) < 4.78 is 22.0. The molecule has 0 unspecified atom stereocenters. The molecule has 2 N–H and O–H groups in total. The molecule has 7 nitrogen and oxygen atoms in total. The summed E-state index contributed by atoms with van der Waals surface area (Å²) in [5.41, 5.74) is 1.32. The molecule has 2 aromatic heterocycles. The second-order valence-corrected chi connectivity index (χ2v) is 6.65. The van der Waals surface area contributed by atoms with E-state index < -0.39 is 11.8 Å². The summed E-state index contributed by atoms with van der Waals surface area (Å²) in [4.78, 5) is 19.8. The van der Waals surface area contributed by atoms with E-state index >= 15 is 4.39 Å². The van der Waals surface area contributed by atoms with Crippen molar-refractivity contribution in [1.82, 2.24) is 14.5 Å². The van der Waals surface area contributed by atoms with E-state index in [0.717, 1.165) is 5.56 Å². The topological polar surface area (TPSA) is 93.2 Å². The van der Waals surface area contributed by atoms with Gasteiger partial charge in [-0.25, -0.2) is 19.2 Å². The minimum atomic E-state index is -1.26. The van der Waals surface area contributed by atoms with Gasteiger partial charge in [0.2, 0.25) is 0 Å². The number of anilines is 2. The Kier molecular flexibility index (Phi) is 4.48. The Morgan fingerprint density at radius 1 is 1.39 bits per heavy atom. The molecule has 0 radical (unpaired) electrons. The Hall–Kier alpha value is -3.39. The standard InChI is InChI=1S/C19H14ClFN4O3/c1-10-4-11(20)2-3-14(10)24-17-13(19(26)27)5-15-18(16(17)21)23-8-25(15)7-12-6-22-9-28-12/h2-6,8-9,24H,7H2,1H3,(H,26,27). The van der Waals surface area contributed by atoms with Crippen LogP contribution in [0.5, 0.6) is 0 Å². The molecule has 2 heterocycles. The fraction of sp³-hybridized carbons (Fsp3) is 0.105. The van der Waals surface area contributed by atoms with Gasteiger partial charge in [-0.1, -0.05) is 11.6 Å². The van der Waals surface area contributed by atoms with Crippen LogP contribution in [0.25, 0.3) is 11.0 Å². The number of imidazole rings is 1. The van der Waals surface area contributed by atoms with Crippen molar-refractivity contribution >= 4 is 40.0 Å². The van der Waals surface area contributed by atoms with Crippen LogP contribution in [0.3, 0.4) is 0 Å². The van der Waals surface area contributed by atoms with E-state index in [2.05, 4.69) is 15.3 Å². The Labute approximate surface area is 163 Å². The quantitative estimate of drug-likeness (QED) is 0.508. The lowest BCUT2D eigenvalue weighted by Gasteiger charge is -2.14. The second-order valence-electron chi connectivity index (χ2n) is 6.21. The maximum Gasteiger partial charge on any atom is 0.338 e. The number of hydrogen-bond acceptors (Lipinski definition) is 5. The predicted octanol–water partition coefficient (Wildman–Crippen LogP) is 4.62. The molecule has 28 heavy (non-hydrogen) atoms. The van der Waals surface area contributed by atoms with Gasteiger partial charge in [-0.2, -0.15) is 0 Å². The first-order valence-corrected chi connectivity index (χ1v) is 8.63. The van der Waals surface area contributed by atoms with Gasteiger partial charge in [0.15, 0.2) is 12.2 Å². The molecule has 4 rings (SSSR count). The van der Waals surface area contributed by atoms with Gasteiger partial charge in [0, 0.05) is 10.7 Å². The maximum atomic E-state index is 15.2. The molecule has 0 aliphatic carbocycles. The number of carboxylic acids is 1. The third kappa shape index (κ3) is 3.18. The number of aromatic nitrogens is 3. The number of nitrogens with zero attached hydrogens (tertiary/aromatic N) is 3. The smallest absolute Gasteiger partial charge is 0.338 e. The molecule has 0 atom stereocenters. The van der Waals surface area contributed by atoms with E-state index in [1.54, 1.807) is 29.7 Å². The normalized spacial score (nSPS) is 11.1. The minimum Gasteiger partial charge on any atom is -0.478 e. The molecule has 2 aromatic carbocycles. The van der Waals surface area contributed by atoms with Crippen molar-refractivity contribution in [2.45, 2.75) is 13.5 Å². The zero-order chi connectivity index (χ0) is 19.8. The molecular weight excluding hydrogens is 387 g/mol. The number of benzene rings is 2. The predicted molar refractivity (Wildman–Crippen MR) is 102 cm³/mol. The van der Waals surface area contributed by atoms with Gasteiger partial charge in [-0.05, 0) is 36.8 Å². The van der Waals surface area contributed by atoms with Crippen LogP contribution < -0.4 is 5.32 Å². The van der Waals surface area contributed by atoms with Crippen LogP contribution in [0.4, 0.5) is 15.8 Å². The lowest BCUT2D eigenvalue weighted by Crippen LogP contribution is -2.07. The number of carbonyl (C=O) groups is 1. The average molecular weight is 401 g/mol. The van der Waals surface area contributed by atoms with Gasteiger partial charge in [-0.3, -0.25) is 0 Å². The number of aryl methyl sites for hydroxylation is 1. The fourth-order valence-corrected chi connectivity index (χ4v) is 3.19. The van der Waals surface area contributed by atoms with Gasteiger partial charge in [0.1, 0.15) is 11.3 Å². The third-order valence-corrected chi connectivity index (χ3v) is 4.58. The molecule has 0 aliphatic heterocycles. The summed E-state index contributed by atoms with van der Waals surface area (Å²) >= 11 is 5.95. The zero-order valence-corrected chi connectivity index (χ0v) is 15.4.